The van der Waals surface area contributed by atoms with Gasteiger partial charge in [0.1, 0.15) is 0 Å². The molecule has 0 unspecified atom stereocenters. The molecule has 0 aliphatic carbocycles. The number of nitrogens with one attached hydrogen (secondary N) is 1. The number of ether oxygens (including phenoxy) is 1. The highest BCUT2D eigenvalue weighted by atomic mass is 16.5. The second-order valence-electron chi connectivity index (χ2n) is 3.20. The molecule has 78 valence electrons. The van der Waals surface area contributed by atoms with Gasteiger partial charge in [0.15, 0.2) is 0 Å². The Labute approximate surface area is 85.5 Å². The van der Waals surface area contributed by atoms with E-state index in [4.69, 9.17) is 4.74 Å². The molecule has 0 radical (unpaired) electrons. The average molecular weight is 194 g/mol. The molecular formula is C11H18N2O. The Bertz CT molecular complexity index is 263. The fourth-order valence-electron chi connectivity index (χ4n) is 1.14. The fourth-order valence-corrected chi connectivity index (χ4v) is 1.14. The monoisotopic (exact) mass is 194 g/mol. The molecule has 3 heteroatoms. The van der Waals surface area contributed by atoms with E-state index in [0.29, 0.717) is 0 Å². The van der Waals surface area contributed by atoms with Crippen molar-refractivity contribution in [2.24, 2.45) is 0 Å². The van der Waals surface area contributed by atoms with E-state index >= 15 is 0 Å². The normalized spacial score (nSPS) is 10.1. The van der Waals surface area contributed by atoms with Crippen LogP contribution < -0.4 is 10.1 Å². The van der Waals surface area contributed by atoms with E-state index in [2.05, 4.69) is 17.2 Å². The molecule has 0 aliphatic rings. The Kier molecular flexibility index (Phi) is 5.00. The van der Waals surface area contributed by atoms with Gasteiger partial charge in [-0.1, -0.05) is 19.4 Å². The lowest BCUT2D eigenvalue weighted by Gasteiger charge is -2.05. The van der Waals surface area contributed by atoms with Crippen LogP contribution in [0.2, 0.25) is 0 Å². The largest absolute Gasteiger partial charge is 0.478 e. The predicted molar refractivity (Wildman–Crippen MR) is 57.4 cm³/mol. The van der Waals surface area contributed by atoms with Crippen molar-refractivity contribution < 1.29 is 4.74 Å². The molecule has 0 saturated heterocycles. The molecular weight excluding hydrogens is 176 g/mol. The van der Waals surface area contributed by atoms with Crippen molar-refractivity contribution >= 4 is 0 Å². The Hall–Kier alpha value is -1.09. The molecule has 1 aromatic rings. The summed E-state index contributed by atoms with van der Waals surface area (Å²) < 4.78 is 5.49. The zero-order valence-corrected chi connectivity index (χ0v) is 8.92. The number of pyridine rings is 1. The Morgan fingerprint density at radius 2 is 2.29 bits per heavy atom. The zero-order chi connectivity index (χ0) is 10.2. The van der Waals surface area contributed by atoms with Crippen LogP contribution >= 0.6 is 0 Å². The highest BCUT2D eigenvalue weighted by Gasteiger charge is 1.96. The number of hydrogen-bond acceptors (Lipinski definition) is 3. The van der Waals surface area contributed by atoms with Gasteiger partial charge in [0.05, 0.1) is 12.3 Å². The quantitative estimate of drug-likeness (QED) is 0.703. The van der Waals surface area contributed by atoms with Crippen molar-refractivity contribution in [2.75, 3.05) is 13.7 Å². The first kappa shape index (κ1) is 11.0. The van der Waals surface area contributed by atoms with Crippen LogP contribution in [-0.4, -0.2) is 18.6 Å². The van der Waals surface area contributed by atoms with E-state index in [1.54, 1.807) is 0 Å². The van der Waals surface area contributed by atoms with Gasteiger partial charge in [-0.05, 0) is 19.5 Å². The highest BCUT2D eigenvalue weighted by molar-refractivity contribution is 5.15. The Morgan fingerprint density at radius 1 is 1.43 bits per heavy atom. The lowest BCUT2D eigenvalue weighted by atomic mass is 10.3. The average Bonchev–Trinajstić information content (AvgIpc) is 2.19. The summed E-state index contributed by atoms with van der Waals surface area (Å²) in [6.07, 6.45) is 2.23. The SMILES string of the molecule is CCCCOc1cccc(CNC)n1. The molecule has 1 rings (SSSR count). The molecule has 3 nitrogen and oxygen atoms in total. The number of nitrogens with zero attached hydrogens (tertiary/aromatic N) is 1. The molecule has 0 amide bonds. The third kappa shape index (κ3) is 3.75. The van der Waals surface area contributed by atoms with Crippen molar-refractivity contribution in [1.82, 2.24) is 10.3 Å². The maximum atomic E-state index is 5.49. The minimum Gasteiger partial charge on any atom is -0.478 e. The molecule has 0 aliphatic heterocycles. The topological polar surface area (TPSA) is 34.1 Å². The summed E-state index contributed by atoms with van der Waals surface area (Å²) in [7, 11) is 1.91. The molecule has 0 atom stereocenters. The van der Waals surface area contributed by atoms with Crippen LogP contribution in [-0.2, 0) is 6.54 Å². The van der Waals surface area contributed by atoms with Crippen LogP contribution in [0.15, 0.2) is 18.2 Å². The van der Waals surface area contributed by atoms with Crippen LogP contribution in [0.5, 0.6) is 5.88 Å². The summed E-state index contributed by atoms with van der Waals surface area (Å²) in [4.78, 5) is 4.35. The molecule has 1 heterocycles. The number of rotatable bonds is 6. The van der Waals surface area contributed by atoms with E-state index in [9.17, 15) is 0 Å². The van der Waals surface area contributed by atoms with E-state index in [-0.39, 0.29) is 0 Å². The summed E-state index contributed by atoms with van der Waals surface area (Å²) in [6, 6.07) is 5.86. The van der Waals surface area contributed by atoms with E-state index in [1.165, 1.54) is 0 Å². The maximum absolute atomic E-state index is 5.49. The van der Waals surface area contributed by atoms with Crippen LogP contribution in [0, 0.1) is 0 Å². The third-order valence-electron chi connectivity index (χ3n) is 1.89. The van der Waals surface area contributed by atoms with Crippen LogP contribution in [0.4, 0.5) is 0 Å². The van der Waals surface area contributed by atoms with Gasteiger partial charge >= 0.3 is 0 Å². The van der Waals surface area contributed by atoms with Gasteiger partial charge in [0.2, 0.25) is 5.88 Å². The van der Waals surface area contributed by atoms with Gasteiger partial charge in [-0.25, -0.2) is 4.98 Å². The summed E-state index contributed by atoms with van der Waals surface area (Å²) in [5, 5.41) is 3.06. The predicted octanol–water partition coefficient (Wildman–Crippen LogP) is 1.98. The van der Waals surface area contributed by atoms with Crippen molar-refractivity contribution in [2.45, 2.75) is 26.3 Å². The zero-order valence-electron chi connectivity index (χ0n) is 8.92. The molecule has 14 heavy (non-hydrogen) atoms. The van der Waals surface area contributed by atoms with Crippen LogP contribution in [0.1, 0.15) is 25.5 Å². The third-order valence-corrected chi connectivity index (χ3v) is 1.89. The first-order chi connectivity index (χ1) is 6.86. The molecule has 1 aromatic heterocycles. The highest BCUT2D eigenvalue weighted by Crippen LogP contribution is 2.07. The minimum atomic E-state index is 0.728. The molecule has 0 aromatic carbocycles. The summed E-state index contributed by atoms with van der Waals surface area (Å²) in [5.74, 6) is 0.728. The summed E-state index contributed by atoms with van der Waals surface area (Å²) in [5.41, 5.74) is 1.02. The second kappa shape index (κ2) is 6.38. The molecule has 0 bridgehead atoms. The van der Waals surface area contributed by atoms with Gasteiger partial charge < -0.3 is 10.1 Å². The van der Waals surface area contributed by atoms with Crippen LogP contribution in [0.3, 0.4) is 0 Å². The van der Waals surface area contributed by atoms with Gasteiger partial charge in [0.25, 0.3) is 0 Å². The molecule has 0 saturated carbocycles. The van der Waals surface area contributed by atoms with Crippen LogP contribution in [0.25, 0.3) is 0 Å². The van der Waals surface area contributed by atoms with E-state index in [0.717, 1.165) is 37.6 Å². The lowest BCUT2D eigenvalue weighted by Crippen LogP contribution is -2.07. The Morgan fingerprint density at radius 3 is 3.00 bits per heavy atom. The molecule has 1 N–H and O–H groups in total. The number of unbranched alkanes of at least 4 members (excludes halogenated alkanes) is 1. The van der Waals surface area contributed by atoms with Gasteiger partial charge in [0, 0.05) is 12.6 Å². The van der Waals surface area contributed by atoms with Crippen molar-refractivity contribution in [3.63, 3.8) is 0 Å². The Balaban J connectivity index is 2.46. The summed E-state index contributed by atoms with van der Waals surface area (Å²) in [6.45, 7) is 3.69. The minimum absolute atomic E-state index is 0.728. The smallest absolute Gasteiger partial charge is 0.213 e. The van der Waals surface area contributed by atoms with Gasteiger partial charge in [-0.2, -0.15) is 0 Å². The number of hydrogen-bond donors (Lipinski definition) is 1. The first-order valence-electron chi connectivity index (χ1n) is 5.10. The first-order valence-corrected chi connectivity index (χ1v) is 5.10. The van der Waals surface area contributed by atoms with E-state index in [1.807, 2.05) is 25.2 Å². The maximum Gasteiger partial charge on any atom is 0.213 e. The lowest BCUT2D eigenvalue weighted by molar-refractivity contribution is 0.297. The van der Waals surface area contributed by atoms with Crippen molar-refractivity contribution in [1.29, 1.82) is 0 Å². The number of aromatic nitrogens is 1. The summed E-state index contributed by atoms with van der Waals surface area (Å²) >= 11 is 0. The standard InChI is InChI=1S/C11H18N2O/c1-3-4-8-14-11-7-5-6-10(13-11)9-12-2/h5-7,12H,3-4,8-9H2,1-2H3. The van der Waals surface area contributed by atoms with Gasteiger partial charge in [-0.3, -0.25) is 0 Å². The van der Waals surface area contributed by atoms with Crippen molar-refractivity contribution in [3.05, 3.63) is 23.9 Å². The molecule has 0 fully saturated rings. The second-order valence-corrected chi connectivity index (χ2v) is 3.20. The molecule has 0 spiro atoms. The van der Waals surface area contributed by atoms with Gasteiger partial charge in [-0.15, -0.1) is 0 Å². The van der Waals surface area contributed by atoms with Crippen molar-refractivity contribution in [3.8, 4) is 5.88 Å². The van der Waals surface area contributed by atoms with E-state index < -0.39 is 0 Å². The fraction of sp³-hybridized carbons (Fsp3) is 0.545.